The van der Waals surface area contributed by atoms with Gasteiger partial charge in [0, 0.05) is 50.9 Å². The van der Waals surface area contributed by atoms with Crippen LogP contribution < -0.4 is 10.6 Å². The van der Waals surface area contributed by atoms with Crippen molar-refractivity contribution in [2.24, 2.45) is 10.4 Å². The summed E-state index contributed by atoms with van der Waals surface area (Å²) in [6.07, 6.45) is 14.4. The van der Waals surface area contributed by atoms with Crippen LogP contribution >= 0.6 is 0 Å². The van der Waals surface area contributed by atoms with E-state index >= 15 is 0 Å². The van der Waals surface area contributed by atoms with E-state index in [0.717, 1.165) is 43.0 Å². The van der Waals surface area contributed by atoms with Crippen LogP contribution in [-0.2, 0) is 12.8 Å². The van der Waals surface area contributed by atoms with E-state index in [-0.39, 0.29) is 12.6 Å². The quantitative estimate of drug-likeness (QED) is 0.0719. The summed E-state index contributed by atoms with van der Waals surface area (Å²) in [4.78, 5) is 10.9. The Morgan fingerprint density at radius 2 is 1.67 bits per heavy atom. The summed E-state index contributed by atoms with van der Waals surface area (Å²) in [5, 5.41) is 14.4. The number of alkyl halides is 1. The molecule has 0 aliphatic rings. The molecule has 0 saturated carbocycles. The van der Waals surface area contributed by atoms with E-state index in [4.69, 9.17) is 5.11 Å². The van der Waals surface area contributed by atoms with Crippen LogP contribution in [-0.4, -0.2) is 61.2 Å². The number of rotatable bonds is 16. The fourth-order valence-corrected chi connectivity index (χ4v) is 3.26. The van der Waals surface area contributed by atoms with Crippen molar-refractivity contribution in [2.75, 3.05) is 33.1 Å². The average Bonchev–Trinajstić information content (AvgIpc) is 3.05. The van der Waals surface area contributed by atoms with Gasteiger partial charge in [-0.2, -0.15) is 0 Å². The molecule has 0 aromatic carbocycles. The molecule has 7 heteroatoms. The van der Waals surface area contributed by atoms with Crippen molar-refractivity contribution in [3.8, 4) is 0 Å². The molecule has 0 spiro atoms. The predicted molar refractivity (Wildman–Crippen MR) is 207 cm³/mol. The van der Waals surface area contributed by atoms with E-state index in [0.29, 0.717) is 11.8 Å². The van der Waals surface area contributed by atoms with Crippen molar-refractivity contribution in [3.05, 3.63) is 60.2 Å². The van der Waals surface area contributed by atoms with Gasteiger partial charge in [-0.1, -0.05) is 114 Å². The second-order valence-corrected chi connectivity index (χ2v) is 12.1. The number of pyridine rings is 1. The maximum atomic E-state index is 11.6. The maximum Gasteiger partial charge on any atom is 0.129 e. The molecule has 1 aromatic heterocycles. The Bertz CT molecular complexity index is 902. The van der Waals surface area contributed by atoms with Gasteiger partial charge >= 0.3 is 0 Å². The molecule has 3 N–H and O–H groups in total. The van der Waals surface area contributed by atoms with E-state index < -0.39 is 6.17 Å². The van der Waals surface area contributed by atoms with Gasteiger partial charge in [-0.25, -0.2) is 14.4 Å². The lowest BCUT2D eigenvalue weighted by Gasteiger charge is -2.17. The number of hydrogen-bond acceptors (Lipinski definition) is 6. The zero-order valence-corrected chi connectivity index (χ0v) is 32.7. The summed E-state index contributed by atoms with van der Waals surface area (Å²) in [7, 11) is 5.86. The smallest absolute Gasteiger partial charge is 0.129 e. The average molecular weight is 650 g/mol. The van der Waals surface area contributed by atoms with Crippen LogP contribution in [0.1, 0.15) is 132 Å². The number of hydrogen-bond donors (Lipinski definition) is 3. The molecule has 0 aliphatic heterocycles. The highest BCUT2D eigenvalue weighted by molar-refractivity contribution is 5.55. The summed E-state index contributed by atoms with van der Waals surface area (Å²) in [5.41, 5.74) is 3.92. The van der Waals surface area contributed by atoms with Crippen LogP contribution in [0.25, 0.3) is 0 Å². The third kappa shape index (κ3) is 31.3. The van der Waals surface area contributed by atoms with Crippen molar-refractivity contribution < 1.29 is 9.50 Å². The number of aromatic nitrogens is 1. The molecular formula is C39H76FN5O. The van der Waals surface area contributed by atoms with E-state index in [2.05, 4.69) is 94.4 Å². The van der Waals surface area contributed by atoms with Crippen LogP contribution in [0.3, 0.4) is 0 Å². The maximum absolute atomic E-state index is 11.6. The standard InChI is InChI=1S/C14H25N3.C13H22N2.C6H14.C4H9FO.C2H6/c1-7-10-13(8-2)16-12(4)11-14(15-9-3)17(5)6;1-4-6-7-8-12-10-9-11(5-2)13(14-3)15-12;1-5-6(2,3)4;1-2-4(5)3-6;1-2/h8-9,11,13,16H,2,4,7,10H2,1,3,5-6H3;9-10H,4-8H2,1-3H3,(H,14,15);5H2,1-4H3;4,6H,2-3H2,1H3;1-2H3/b14-11+,15-9-;;;;. The fraction of sp³-hybridized carbons (Fsp3) is 0.692. The number of anilines is 1. The molecule has 0 radical (unpaired) electrons. The molecule has 1 rings (SSSR count). The molecule has 0 saturated heterocycles. The molecule has 1 aromatic rings. The molecule has 6 nitrogen and oxygen atoms in total. The van der Waals surface area contributed by atoms with Crippen molar-refractivity contribution in [2.45, 2.75) is 146 Å². The van der Waals surface area contributed by atoms with Gasteiger partial charge in [0.25, 0.3) is 0 Å². The second-order valence-electron chi connectivity index (χ2n) is 12.1. The predicted octanol–water partition coefficient (Wildman–Crippen LogP) is 10.6. The van der Waals surface area contributed by atoms with Crippen LogP contribution in [0.15, 0.2) is 54.0 Å². The third-order valence-corrected chi connectivity index (χ3v) is 6.67. The van der Waals surface area contributed by atoms with Gasteiger partial charge in [-0.05, 0) is 56.1 Å². The Kier molecular flexibility index (Phi) is 36.8. The van der Waals surface area contributed by atoms with Crippen molar-refractivity contribution in [1.29, 1.82) is 0 Å². The van der Waals surface area contributed by atoms with Crippen LogP contribution in [0, 0.1) is 5.41 Å². The second kappa shape index (κ2) is 33.7. The summed E-state index contributed by atoms with van der Waals surface area (Å²) in [6.45, 7) is 30.6. The van der Waals surface area contributed by atoms with Gasteiger partial charge in [-0.15, -0.1) is 6.58 Å². The summed E-state index contributed by atoms with van der Waals surface area (Å²) in [5.74, 6) is 1.93. The van der Waals surface area contributed by atoms with Crippen molar-refractivity contribution in [1.82, 2.24) is 15.2 Å². The molecule has 0 aliphatic carbocycles. The fourth-order valence-electron chi connectivity index (χ4n) is 3.26. The Balaban J connectivity index is -0.000000275. The molecular weight excluding hydrogens is 573 g/mol. The monoisotopic (exact) mass is 650 g/mol. The number of aliphatic hydroxyl groups is 1. The summed E-state index contributed by atoms with van der Waals surface area (Å²) >= 11 is 0. The van der Waals surface area contributed by atoms with Gasteiger partial charge in [0.05, 0.1) is 6.61 Å². The molecule has 2 unspecified atom stereocenters. The minimum absolute atomic E-state index is 0.276. The lowest BCUT2D eigenvalue weighted by Crippen LogP contribution is -2.25. The SMILES string of the molecule is C=CC(CCC)NC(=C)/C=C(\N=C/C)N(C)C.CC.CCC(C)(C)C.CCC(F)CO.CCCCCc1ccc(CC)c(NC)n1. The number of aliphatic hydroxyl groups excluding tert-OH is 1. The first-order chi connectivity index (χ1) is 21.7. The van der Waals surface area contributed by atoms with Crippen LogP contribution in [0.5, 0.6) is 0 Å². The molecule has 0 fully saturated rings. The summed E-state index contributed by atoms with van der Waals surface area (Å²) in [6, 6.07) is 4.63. The van der Waals surface area contributed by atoms with E-state index in [1.54, 1.807) is 13.1 Å². The zero-order valence-electron chi connectivity index (χ0n) is 32.7. The van der Waals surface area contributed by atoms with Crippen LogP contribution in [0.2, 0.25) is 0 Å². The normalized spacial score (nSPS) is 12.0. The van der Waals surface area contributed by atoms with Gasteiger partial charge < -0.3 is 20.6 Å². The zero-order chi connectivity index (χ0) is 36.6. The van der Waals surface area contributed by atoms with Gasteiger partial charge in [0.2, 0.25) is 0 Å². The minimum Gasteiger partial charge on any atom is -0.393 e. The first kappa shape index (κ1) is 50.2. The minimum atomic E-state index is -1.01. The number of unbranched alkanes of at least 4 members (excludes halogenated alkanes) is 2. The highest BCUT2D eigenvalue weighted by atomic mass is 19.1. The Morgan fingerprint density at radius 3 is 2.02 bits per heavy atom. The number of halogens is 1. The molecule has 270 valence electrons. The Hall–Kier alpha value is -2.67. The summed E-state index contributed by atoms with van der Waals surface area (Å²) < 4.78 is 11.6. The highest BCUT2D eigenvalue weighted by Gasteiger charge is 2.05. The number of nitrogens with one attached hydrogen (secondary N) is 2. The van der Waals surface area contributed by atoms with E-state index in [1.807, 2.05) is 59.0 Å². The third-order valence-electron chi connectivity index (χ3n) is 6.67. The first-order valence-electron chi connectivity index (χ1n) is 17.6. The largest absolute Gasteiger partial charge is 0.393 e. The number of nitrogens with zero attached hydrogens (tertiary/aromatic N) is 3. The highest BCUT2D eigenvalue weighted by Crippen LogP contribution is 2.16. The topological polar surface area (TPSA) is 72.8 Å². The van der Waals surface area contributed by atoms with Crippen molar-refractivity contribution in [3.63, 3.8) is 0 Å². The number of aryl methyl sites for hydroxylation is 2. The molecule has 0 amide bonds. The molecule has 2 atom stereocenters. The van der Waals surface area contributed by atoms with Gasteiger partial charge in [-0.3, -0.25) is 0 Å². The van der Waals surface area contributed by atoms with E-state index in [9.17, 15) is 4.39 Å². The lowest BCUT2D eigenvalue weighted by molar-refractivity contribution is 0.174. The van der Waals surface area contributed by atoms with Crippen molar-refractivity contribution >= 4 is 12.0 Å². The molecule has 0 bridgehead atoms. The molecule has 1 heterocycles. The van der Waals surface area contributed by atoms with Gasteiger partial charge in [0.1, 0.15) is 17.8 Å². The van der Waals surface area contributed by atoms with Gasteiger partial charge in [0.15, 0.2) is 0 Å². The number of aliphatic imine (C=N–C) groups is 1. The Morgan fingerprint density at radius 1 is 1.09 bits per heavy atom. The lowest BCUT2D eigenvalue weighted by atomic mass is 9.94. The first-order valence-corrected chi connectivity index (χ1v) is 17.6. The number of allylic oxidation sites excluding steroid dienone is 1. The molecule has 46 heavy (non-hydrogen) atoms. The van der Waals surface area contributed by atoms with E-state index in [1.165, 1.54) is 36.9 Å². The Labute approximate surface area is 286 Å². The van der Waals surface area contributed by atoms with Crippen LogP contribution in [0.4, 0.5) is 10.2 Å².